The predicted octanol–water partition coefficient (Wildman–Crippen LogP) is 13.7. The van der Waals surface area contributed by atoms with Gasteiger partial charge in [-0.2, -0.15) is 0 Å². The Morgan fingerprint density at radius 1 is 0.300 bits per heavy atom. The minimum Gasteiger partial charge on any atom is -0.311 e. The molecule has 7 heteroatoms. The molecule has 0 aliphatic carbocycles. The van der Waals surface area contributed by atoms with Gasteiger partial charge in [0.05, 0.1) is 16.7 Å². The van der Waals surface area contributed by atoms with E-state index in [4.69, 9.17) is 15.0 Å². The van der Waals surface area contributed by atoms with Gasteiger partial charge in [0, 0.05) is 61.6 Å². The van der Waals surface area contributed by atoms with E-state index in [1.54, 1.807) is 0 Å². The van der Waals surface area contributed by atoms with Crippen LogP contribution < -0.4 is 26.2 Å². The average molecular weight is 893 g/mol. The monoisotopic (exact) mass is 892 g/mol. The highest BCUT2D eigenvalue weighted by Crippen LogP contribution is 2.47. The third-order valence-electron chi connectivity index (χ3n) is 14.0. The number of para-hydroxylation sites is 6. The lowest BCUT2D eigenvalue weighted by molar-refractivity contribution is 1.06. The first kappa shape index (κ1) is 39.8. The van der Waals surface area contributed by atoms with Gasteiger partial charge >= 0.3 is 0 Å². The highest BCUT2D eigenvalue weighted by molar-refractivity contribution is 7.00. The molecule has 70 heavy (non-hydrogen) atoms. The van der Waals surface area contributed by atoms with Gasteiger partial charge in [0.25, 0.3) is 6.71 Å². The molecule has 2 aromatic heterocycles. The second kappa shape index (κ2) is 16.2. The van der Waals surface area contributed by atoms with E-state index in [1.807, 2.05) is 36.4 Å². The van der Waals surface area contributed by atoms with Gasteiger partial charge in [0.1, 0.15) is 0 Å². The molecule has 0 unspecified atom stereocenters. The summed E-state index contributed by atoms with van der Waals surface area (Å²) in [7, 11) is 0. The van der Waals surface area contributed by atoms with E-state index in [-0.39, 0.29) is 6.71 Å². The maximum Gasteiger partial charge on any atom is 0.252 e. The van der Waals surface area contributed by atoms with Crippen LogP contribution in [-0.2, 0) is 0 Å². The van der Waals surface area contributed by atoms with Crippen LogP contribution in [-0.4, -0.2) is 26.2 Å². The second-order valence-electron chi connectivity index (χ2n) is 18.0. The van der Waals surface area contributed by atoms with Gasteiger partial charge in [0.2, 0.25) is 0 Å². The van der Waals surface area contributed by atoms with Crippen molar-refractivity contribution in [1.29, 1.82) is 0 Å². The van der Waals surface area contributed by atoms with Crippen LogP contribution in [0.4, 0.5) is 34.1 Å². The normalized spacial score (nSPS) is 12.5. The number of benzene rings is 10. The Morgan fingerprint density at radius 3 is 1.34 bits per heavy atom. The lowest BCUT2D eigenvalue weighted by Crippen LogP contribution is -2.61. The van der Waals surface area contributed by atoms with Gasteiger partial charge in [-0.25, -0.2) is 15.0 Å². The number of nitrogens with zero attached hydrogens (tertiary/aromatic N) is 6. The molecule has 0 atom stereocenters. The third kappa shape index (κ3) is 6.32. The highest BCUT2D eigenvalue weighted by atomic mass is 15.2. The quantitative estimate of drug-likeness (QED) is 0.149. The molecule has 0 saturated carbocycles. The van der Waals surface area contributed by atoms with Crippen LogP contribution in [0.3, 0.4) is 0 Å². The van der Waals surface area contributed by atoms with Crippen LogP contribution in [0.25, 0.3) is 72.8 Å². The standard InChI is InChI=1S/C63H41BN6/c1-5-21-42(22-6-1)61-65-62(43-23-7-2-8-24-43)67-63(66-61)49-30-14-18-34-54(49)70-53-33-17-13-29-48(53)50-39-44(37-38-55(50)70)45-40-58-60-59(41-45)69(47-27-11-4-12-28-47)57-36-20-16-32-52(57)64(60)51-31-15-19-35-56(51)68(58)46-25-9-3-10-26-46/h1-41H. The zero-order valence-electron chi connectivity index (χ0n) is 37.9. The van der Waals surface area contributed by atoms with Crippen LogP contribution in [0.15, 0.2) is 249 Å². The Hall–Kier alpha value is -9.33. The molecular weight excluding hydrogens is 852 g/mol. The summed E-state index contributed by atoms with van der Waals surface area (Å²) in [6.45, 7) is 0.0452. The van der Waals surface area contributed by atoms with Gasteiger partial charge in [-0.05, 0) is 106 Å². The van der Waals surface area contributed by atoms with E-state index in [0.29, 0.717) is 17.5 Å². The molecule has 2 aliphatic heterocycles. The minimum absolute atomic E-state index is 0.0452. The number of hydrogen-bond acceptors (Lipinski definition) is 5. The zero-order valence-corrected chi connectivity index (χ0v) is 37.9. The fourth-order valence-corrected chi connectivity index (χ4v) is 11.0. The molecule has 326 valence electrons. The number of hydrogen-bond donors (Lipinski definition) is 0. The summed E-state index contributed by atoms with van der Waals surface area (Å²) in [4.78, 5) is 20.3. The molecule has 0 radical (unpaired) electrons. The first-order chi connectivity index (χ1) is 34.7. The molecule has 4 heterocycles. The summed E-state index contributed by atoms with van der Waals surface area (Å²) >= 11 is 0. The van der Waals surface area contributed by atoms with Crippen molar-refractivity contribution in [2.24, 2.45) is 0 Å². The topological polar surface area (TPSA) is 50.1 Å². The second-order valence-corrected chi connectivity index (χ2v) is 18.0. The molecule has 0 saturated heterocycles. The Morgan fingerprint density at radius 2 is 0.757 bits per heavy atom. The van der Waals surface area contributed by atoms with E-state index in [0.717, 1.165) is 61.3 Å². The molecule has 12 aromatic rings. The summed E-state index contributed by atoms with van der Waals surface area (Å²) in [6.07, 6.45) is 0. The van der Waals surface area contributed by atoms with Gasteiger partial charge < -0.3 is 14.4 Å². The van der Waals surface area contributed by atoms with Crippen molar-refractivity contribution >= 4 is 79.0 Å². The largest absolute Gasteiger partial charge is 0.311 e. The third-order valence-corrected chi connectivity index (χ3v) is 14.0. The van der Waals surface area contributed by atoms with Crippen molar-refractivity contribution in [2.45, 2.75) is 0 Å². The molecule has 0 spiro atoms. The molecule has 0 bridgehead atoms. The molecule has 6 nitrogen and oxygen atoms in total. The minimum atomic E-state index is 0.0452. The van der Waals surface area contributed by atoms with E-state index < -0.39 is 0 Å². The molecule has 0 amide bonds. The van der Waals surface area contributed by atoms with Crippen molar-refractivity contribution in [2.75, 3.05) is 9.80 Å². The van der Waals surface area contributed by atoms with E-state index in [9.17, 15) is 0 Å². The van der Waals surface area contributed by atoms with Crippen LogP contribution in [0.5, 0.6) is 0 Å². The maximum atomic E-state index is 5.19. The van der Waals surface area contributed by atoms with E-state index in [2.05, 4.69) is 227 Å². The van der Waals surface area contributed by atoms with E-state index in [1.165, 1.54) is 44.5 Å². The summed E-state index contributed by atoms with van der Waals surface area (Å²) in [5.41, 5.74) is 19.1. The average Bonchev–Trinajstić information content (AvgIpc) is 3.77. The summed E-state index contributed by atoms with van der Waals surface area (Å²) in [5, 5.41) is 2.33. The Bertz CT molecular complexity index is 3800. The molecule has 0 N–H and O–H groups in total. The van der Waals surface area contributed by atoms with Gasteiger partial charge in [0.15, 0.2) is 17.5 Å². The van der Waals surface area contributed by atoms with Crippen molar-refractivity contribution < 1.29 is 0 Å². The molecule has 2 aliphatic rings. The molecule has 14 rings (SSSR count). The Labute approximate surface area is 406 Å². The molecule has 0 fully saturated rings. The fourth-order valence-electron chi connectivity index (χ4n) is 11.0. The number of anilines is 6. The highest BCUT2D eigenvalue weighted by Gasteiger charge is 2.43. The molecule has 10 aromatic carbocycles. The number of aromatic nitrogens is 4. The zero-order chi connectivity index (χ0) is 46.1. The van der Waals surface area contributed by atoms with E-state index >= 15 is 0 Å². The number of fused-ring (bicyclic) bond motifs is 7. The smallest absolute Gasteiger partial charge is 0.252 e. The predicted molar refractivity (Wildman–Crippen MR) is 290 cm³/mol. The van der Waals surface area contributed by atoms with Crippen molar-refractivity contribution in [3.8, 4) is 51.0 Å². The van der Waals surface area contributed by atoms with Crippen LogP contribution in [0.1, 0.15) is 0 Å². The Kier molecular flexibility index (Phi) is 9.20. The number of rotatable bonds is 7. The van der Waals surface area contributed by atoms with Crippen molar-refractivity contribution in [3.05, 3.63) is 249 Å². The summed E-state index contributed by atoms with van der Waals surface area (Å²) < 4.78 is 2.38. The van der Waals surface area contributed by atoms with Crippen molar-refractivity contribution in [1.82, 2.24) is 19.5 Å². The summed E-state index contributed by atoms with van der Waals surface area (Å²) in [6, 6.07) is 88.9. The SMILES string of the molecule is c1ccc(-c2nc(-c3ccccc3)nc(-c3ccccc3-n3c4ccccc4c4cc(-c5cc6c7c(c5)N(c5ccccc5)c5ccccc5B7c5ccccc5N6c5ccccc5)ccc43)n2)cc1. The summed E-state index contributed by atoms with van der Waals surface area (Å²) in [5.74, 6) is 1.87. The van der Waals surface area contributed by atoms with Crippen LogP contribution in [0, 0.1) is 0 Å². The fraction of sp³-hybridized carbons (Fsp3) is 0. The van der Waals surface area contributed by atoms with Gasteiger partial charge in [-0.1, -0.05) is 170 Å². The first-order valence-electron chi connectivity index (χ1n) is 23.8. The lowest BCUT2D eigenvalue weighted by atomic mass is 9.33. The van der Waals surface area contributed by atoms with Crippen LogP contribution >= 0.6 is 0 Å². The first-order valence-corrected chi connectivity index (χ1v) is 23.8. The lowest BCUT2D eigenvalue weighted by Gasteiger charge is -2.44. The maximum absolute atomic E-state index is 5.19. The van der Waals surface area contributed by atoms with Gasteiger partial charge in [-0.3, -0.25) is 0 Å². The molecular formula is C63H41BN6. The van der Waals surface area contributed by atoms with Crippen molar-refractivity contribution in [3.63, 3.8) is 0 Å². The van der Waals surface area contributed by atoms with Crippen LogP contribution in [0.2, 0.25) is 0 Å². The Balaban J connectivity index is 0.990. The van der Waals surface area contributed by atoms with Gasteiger partial charge in [-0.15, -0.1) is 0 Å².